The first-order valence-electron chi connectivity index (χ1n) is 14.8. The molecular formula is C35H39N3O4S. The summed E-state index contributed by atoms with van der Waals surface area (Å²) < 4.78 is 27.6. The van der Waals surface area contributed by atoms with Crippen molar-refractivity contribution in [1.82, 2.24) is 10.2 Å². The average Bonchev–Trinajstić information content (AvgIpc) is 3.51. The van der Waals surface area contributed by atoms with Crippen molar-refractivity contribution in [2.75, 3.05) is 17.1 Å². The first-order chi connectivity index (χ1) is 20.7. The SMILES string of the molecule is Cc1ccc(CN(C(=O)CN(c2cccc3ccccc23)S(C)(=O)=O)C(Cc2ccccc2)C(=O)NC2CCCC2)cc1. The van der Waals surface area contributed by atoms with Gasteiger partial charge < -0.3 is 10.2 Å². The normalized spacial score (nSPS) is 14.4. The molecule has 1 aliphatic carbocycles. The van der Waals surface area contributed by atoms with Crippen LogP contribution in [-0.4, -0.2) is 50.0 Å². The highest BCUT2D eigenvalue weighted by Gasteiger charge is 2.34. The first-order valence-corrected chi connectivity index (χ1v) is 16.7. The van der Waals surface area contributed by atoms with Crippen molar-refractivity contribution in [3.63, 3.8) is 0 Å². The molecule has 4 aromatic rings. The number of sulfonamides is 1. The number of rotatable bonds is 11. The van der Waals surface area contributed by atoms with E-state index in [1.165, 1.54) is 0 Å². The molecule has 1 fully saturated rings. The van der Waals surface area contributed by atoms with Crippen LogP contribution in [-0.2, 0) is 32.6 Å². The maximum Gasteiger partial charge on any atom is 0.244 e. The van der Waals surface area contributed by atoms with Gasteiger partial charge in [0.25, 0.3) is 0 Å². The number of aryl methyl sites for hydroxylation is 1. The Morgan fingerprint density at radius 2 is 1.49 bits per heavy atom. The highest BCUT2D eigenvalue weighted by Crippen LogP contribution is 2.29. The lowest BCUT2D eigenvalue weighted by Crippen LogP contribution is -2.54. The van der Waals surface area contributed by atoms with Gasteiger partial charge in [-0.25, -0.2) is 8.42 Å². The molecule has 1 unspecified atom stereocenters. The Bertz CT molecular complexity index is 1660. The number of anilines is 1. The summed E-state index contributed by atoms with van der Waals surface area (Å²) >= 11 is 0. The first kappa shape index (κ1) is 30.3. The largest absolute Gasteiger partial charge is 0.352 e. The number of carbonyl (C=O) groups is 2. The number of nitrogens with one attached hydrogen (secondary N) is 1. The molecule has 7 nitrogen and oxygen atoms in total. The Labute approximate surface area is 254 Å². The second-order valence-corrected chi connectivity index (χ2v) is 13.4. The predicted octanol–water partition coefficient (Wildman–Crippen LogP) is 5.61. The second-order valence-electron chi connectivity index (χ2n) is 11.5. The van der Waals surface area contributed by atoms with Gasteiger partial charge in [0, 0.05) is 24.4 Å². The molecule has 0 radical (unpaired) electrons. The van der Waals surface area contributed by atoms with E-state index in [4.69, 9.17) is 0 Å². The van der Waals surface area contributed by atoms with E-state index in [-0.39, 0.29) is 18.5 Å². The van der Waals surface area contributed by atoms with Crippen LogP contribution in [0.4, 0.5) is 5.69 Å². The molecule has 8 heteroatoms. The zero-order chi connectivity index (χ0) is 30.4. The Balaban J connectivity index is 1.54. The van der Waals surface area contributed by atoms with Crippen LogP contribution in [0.2, 0.25) is 0 Å². The van der Waals surface area contributed by atoms with E-state index in [2.05, 4.69) is 5.32 Å². The Hall–Kier alpha value is -4.17. The van der Waals surface area contributed by atoms with Gasteiger partial charge in [0.15, 0.2) is 0 Å². The lowest BCUT2D eigenvalue weighted by Gasteiger charge is -2.34. The molecule has 224 valence electrons. The van der Waals surface area contributed by atoms with Gasteiger partial charge in [0.1, 0.15) is 12.6 Å². The van der Waals surface area contributed by atoms with Crippen molar-refractivity contribution in [1.29, 1.82) is 0 Å². The van der Waals surface area contributed by atoms with Gasteiger partial charge in [-0.15, -0.1) is 0 Å². The minimum atomic E-state index is -3.85. The fraction of sp³-hybridized carbons (Fsp3) is 0.314. The number of benzene rings is 4. The van der Waals surface area contributed by atoms with Crippen molar-refractivity contribution in [2.45, 2.75) is 57.7 Å². The third-order valence-corrected chi connectivity index (χ3v) is 9.29. The van der Waals surface area contributed by atoms with Crippen molar-refractivity contribution in [3.05, 3.63) is 114 Å². The van der Waals surface area contributed by atoms with Crippen LogP contribution in [0.25, 0.3) is 10.8 Å². The van der Waals surface area contributed by atoms with Crippen LogP contribution in [0.1, 0.15) is 42.4 Å². The van der Waals surface area contributed by atoms with Crippen LogP contribution in [0.15, 0.2) is 97.1 Å². The summed E-state index contributed by atoms with van der Waals surface area (Å²) in [6.45, 7) is 1.73. The van der Waals surface area contributed by atoms with Gasteiger partial charge in [-0.1, -0.05) is 109 Å². The number of hydrogen-bond acceptors (Lipinski definition) is 4. The van der Waals surface area contributed by atoms with E-state index < -0.39 is 28.5 Å². The van der Waals surface area contributed by atoms with Crippen molar-refractivity contribution < 1.29 is 18.0 Å². The molecule has 4 aromatic carbocycles. The van der Waals surface area contributed by atoms with Crippen molar-refractivity contribution in [2.24, 2.45) is 0 Å². The van der Waals surface area contributed by atoms with E-state index >= 15 is 0 Å². The summed E-state index contributed by atoms with van der Waals surface area (Å²) in [5.41, 5.74) is 3.30. The zero-order valence-corrected chi connectivity index (χ0v) is 25.6. The van der Waals surface area contributed by atoms with E-state index in [0.717, 1.165) is 63.7 Å². The smallest absolute Gasteiger partial charge is 0.244 e. The molecular weight excluding hydrogens is 558 g/mol. The molecule has 1 aliphatic rings. The quantitative estimate of drug-likeness (QED) is 0.243. The van der Waals surface area contributed by atoms with Crippen molar-refractivity contribution >= 4 is 38.3 Å². The summed E-state index contributed by atoms with van der Waals surface area (Å²) in [5, 5.41) is 4.80. The number of fused-ring (bicyclic) bond motifs is 1. The molecule has 0 saturated heterocycles. The lowest BCUT2D eigenvalue weighted by atomic mass is 10.0. The minimum absolute atomic E-state index is 0.0744. The van der Waals surface area contributed by atoms with Crippen LogP contribution in [0, 0.1) is 6.92 Å². The predicted molar refractivity (Wildman–Crippen MR) is 172 cm³/mol. The third-order valence-electron chi connectivity index (χ3n) is 8.16. The van der Waals surface area contributed by atoms with Crippen LogP contribution in [0.5, 0.6) is 0 Å². The summed E-state index contributed by atoms with van der Waals surface area (Å²) in [5.74, 6) is -0.659. The molecule has 0 bridgehead atoms. The van der Waals surface area contributed by atoms with Crippen LogP contribution < -0.4 is 9.62 Å². The van der Waals surface area contributed by atoms with Crippen LogP contribution in [0.3, 0.4) is 0 Å². The Morgan fingerprint density at radius 3 is 2.19 bits per heavy atom. The highest BCUT2D eigenvalue weighted by atomic mass is 32.2. The van der Waals surface area contributed by atoms with E-state index in [0.29, 0.717) is 12.1 Å². The molecule has 1 atom stereocenters. The molecule has 0 aromatic heterocycles. The van der Waals surface area contributed by atoms with E-state index in [1.807, 2.05) is 91.9 Å². The highest BCUT2D eigenvalue weighted by molar-refractivity contribution is 7.92. The third kappa shape index (κ3) is 7.62. The van der Waals surface area contributed by atoms with E-state index in [1.54, 1.807) is 17.0 Å². The molecule has 5 rings (SSSR count). The summed E-state index contributed by atoms with van der Waals surface area (Å²) in [7, 11) is -3.85. The summed E-state index contributed by atoms with van der Waals surface area (Å²) in [4.78, 5) is 29.9. The summed E-state index contributed by atoms with van der Waals surface area (Å²) in [6, 6.07) is 29.7. The summed E-state index contributed by atoms with van der Waals surface area (Å²) in [6.07, 6.45) is 5.38. The van der Waals surface area contributed by atoms with Gasteiger partial charge in [-0.2, -0.15) is 0 Å². The fourth-order valence-corrected chi connectivity index (χ4v) is 6.69. The fourth-order valence-electron chi connectivity index (χ4n) is 5.83. The monoisotopic (exact) mass is 597 g/mol. The maximum atomic E-state index is 14.4. The molecule has 0 aliphatic heterocycles. The lowest BCUT2D eigenvalue weighted by molar-refractivity contribution is -0.140. The van der Waals surface area contributed by atoms with E-state index in [9.17, 15) is 18.0 Å². The Kier molecular flexibility index (Phi) is 9.46. The molecule has 1 N–H and O–H groups in total. The molecule has 1 saturated carbocycles. The topological polar surface area (TPSA) is 86.8 Å². The van der Waals surface area contributed by atoms with Gasteiger partial charge in [0.2, 0.25) is 21.8 Å². The van der Waals surface area contributed by atoms with Gasteiger partial charge in [-0.3, -0.25) is 13.9 Å². The van der Waals surface area contributed by atoms with Crippen LogP contribution >= 0.6 is 0 Å². The molecule has 0 heterocycles. The van der Waals surface area contributed by atoms with Crippen molar-refractivity contribution in [3.8, 4) is 0 Å². The second kappa shape index (κ2) is 13.4. The maximum absolute atomic E-state index is 14.4. The molecule has 43 heavy (non-hydrogen) atoms. The standard InChI is InChI=1S/C35H39N3O4S/c1-26-19-21-28(22-20-26)24-37(33(23-27-11-4-3-5-12-27)35(40)36-30-15-7-8-16-30)34(39)25-38(43(2,41)42)32-18-10-14-29-13-6-9-17-31(29)32/h3-6,9-14,17-22,30,33H,7-8,15-16,23-25H2,1-2H3,(H,36,40). The number of amides is 2. The number of hydrogen-bond donors (Lipinski definition) is 1. The zero-order valence-electron chi connectivity index (χ0n) is 24.8. The Morgan fingerprint density at radius 1 is 0.837 bits per heavy atom. The number of carbonyl (C=O) groups excluding carboxylic acids is 2. The minimum Gasteiger partial charge on any atom is -0.352 e. The van der Waals surface area contributed by atoms with Gasteiger partial charge in [0.05, 0.1) is 11.9 Å². The average molecular weight is 598 g/mol. The van der Waals surface area contributed by atoms with Gasteiger partial charge >= 0.3 is 0 Å². The molecule has 0 spiro atoms. The van der Waals surface area contributed by atoms with Gasteiger partial charge in [-0.05, 0) is 42.3 Å². The molecule has 2 amide bonds. The number of nitrogens with zero attached hydrogens (tertiary/aromatic N) is 2.